The predicted molar refractivity (Wildman–Crippen MR) is 170 cm³/mol. The Morgan fingerprint density at radius 1 is 0.667 bits per heavy atom. The molecule has 5 aromatic rings. The SMILES string of the molecule is Cc1cc2nc(CNCc3ccc(CN(CCNCc4ccccn4)CCNCc4ccccn4)cc3)[nH]c2cc1C. The van der Waals surface area contributed by atoms with Gasteiger partial charge in [0.1, 0.15) is 5.82 Å². The molecule has 8 heteroatoms. The Hall–Kier alpha value is -3.95. The number of fused-ring (bicyclic) bond motifs is 1. The van der Waals surface area contributed by atoms with Crippen molar-refractivity contribution >= 4 is 11.0 Å². The van der Waals surface area contributed by atoms with Gasteiger partial charge in [-0.2, -0.15) is 0 Å². The average molecular weight is 563 g/mol. The maximum absolute atomic E-state index is 4.75. The molecule has 8 nitrogen and oxygen atoms in total. The molecule has 42 heavy (non-hydrogen) atoms. The topological polar surface area (TPSA) is 93.8 Å². The van der Waals surface area contributed by atoms with E-state index in [4.69, 9.17) is 4.98 Å². The molecule has 0 bridgehead atoms. The van der Waals surface area contributed by atoms with E-state index in [1.807, 2.05) is 36.7 Å². The van der Waals surface area contributed by atoms with Crippen molar-refractivity contribution in [3.05, 3.63) is 125 Å². The molecule has 0 aliphatic carbocycles. The number of pyridine rings is 2. The van der Waals surface area contributed by atoms with Gasteiger partial charge in [0.2, 0.25) is 0 Å². The first-order chi connectivity index (χ1) is 20.6. The Morgan fingerprint density at radius 2 is 1.29 bits per heavy atom. The van der Waals surface area contributed by atoms with Crippen molar-refractivity contribution < 1.29 is 0 Å². The Labute approximate surface area is 249 Å². The third-order valence-corrected chi connectivity index (χ3v) is 7.47. The van der Waals surface area contributed by atoms with Crippen molar-refractivity contribution in [3.63, 3.8) is 0 Å². The highest BCUT2D eigenvalue weighted by molar-refractivity contribution is 5.77. The summed E-state index contributed by atoms with van der Waals surface area (Å²) < 4.78 is 0. The van der Waals surface area contributed by atoms with E-state index < -0.39 is 0 Å². The molecule has 218 valence electrons. The van der Waals surface area contributed by atoms with E-state index in [-0.39, 0.29) is 0 Å². The maximum Gasteiger partial charge on any atom is 0.121 e. The van der Waals surface area contributed by atoms with Gasteiger partial charge in [-0.05, 0) is 72.5 Å². The summed E-state index contributed by atoms with van der Waals surface area (Å²) in [5.74, 6) is 0.968. The quantitative estimate of drug-likeness (QED) is 0.130. The molecule has 2 aromatic carbocycles. The zero-order chi connectivity index (χ0) is 29.0. The Morgan fingerprint density at radius 3 is 1.90 bits per heavy atom. The molecule has 0 saturated heterocycles. The number of aromatic nitrogens is 4. The van der Waals surface area contributed by atoms with E-state index in [0.29, 0.717) is 6.54 Å². The van der Waals surface area contributed by atoms with Crippen LogP contribution in [0.2, 0.25) is 0 Å². The Balaban J connectivity index is 1.09. The van der Waals surface area contributed by atoms with Crippen LogP contribution in [0.25, 0.3) is 11.0 Å². The van der Waals surface area contributed by atoms with Crippen molar-refractivity contribution in [1.82, 2.24) is 40.8 Å². The highest BCUT2D eigenvalue weighted by Gasteiger charge is 2.08. The number of nitrogens with one attached hydrogen (secondary N) is 4. The zero-order valence-electron chi connectivity index (χ0n) is 24.7. The summed E-state index contributed by atoms with van der Waals surface area (Å²) in [6.45, 7) is 12.0. The first kappa shape index (κ1) is 29.5. The molecular weight excluding hydrogens is 520 g/mol. The summed E-state index contributed by atoms with van der Waals surface area (Å²) in [5.41, 5.74) is 9.40. The minimum absolute atomic E-state index is 0.708. The van der Waals surface area contributed by atoms with E-state index in [9.17, 15) is 0 Å². The minimum atomic E-state index is 0.708. The molecule has 3 aromatic heterocycles. The van der Waals surface area contributed by atoms with E-state index in [0.717, 1.165) is 80.6 Å². The van der Waals surface area contributed by atoms with Crippen molar-refractivity contribution in [2.75, 3.05) is 26.2 Å². The van der Waals surface area contributed by atoms with Crippen LogP contribution in [0.4, 0.5) is 0 Å². The van der Waals surface area contributed by atoms with Gasteiger partial charge in [0.25, 0.3) is 0 Å². The standard InChI is InChI=1S/C34H42N8/c1-26-19-32-33(20-27(26)2)41-34(40-32)24-37-21-28-9-11-29(12-10-28)25-42(17-15-35-22-30-7-3-5-13-38-30)18-16-36-23-31-8-4-6-14-39-31/h3-14,19-20,35-37H,15-18,21-25H2,1-2H3,(H,40,41). The van der Waals surface area contributed by atoms with Crippen molar-refractivity contribution in [2.45, 2.75) is 46.6 Å². The molecule has 0 spiro atoms. The molecule has 0 aliphatic heterocycles. The van der Waals surface area contributed by atoms with Crippen LogP contribution in [0.15, 0.2) is 85.2 Å². The Bertz CT molecular complexity index is 1410. The lowest BCUT2D eigenvalue weighted by molar-refractivity contribution is 0.263. The summed E-state index contributed by atoms with van der Waals surface area (Å²) >= 11 is 0. The van der Waals surface area contributed by atoms with Crippen molar-refractivity contribution in [3.8, 4) is 0 Å². The van der Waals surface area contributed by atoms with E-state index in [2.05, 4.69) is 98.2 Å². The second kappa shape index (κ2) is 15.3. The van der Waals surface area contributed by atoms with Gasteiger partial charge in [0.05, 0.1) is 29.0 Å². The van der Waals surface area contributed by atoms with Gasteiger partial charge in [0.15, 0.2) is 0 Å². The van der Waals surface area contributed by atoms with Gasteiger partial charge in [0, 0.05) is 64.8 Å². The minimum Gasteiger partial charge on any atom is -0.341 e. The smallest absolute Gasteiger partial charge is 0.121 e. The monoisotopic (exact) mass is 562 g/mol. The van der Waals surface area contributed by atoms with Gasteiger partial charge in [-0.1, -0.05) is 36.4 Å². The molecule has 0 unspecified atom stereocenters. The van der Waals surface area contributed by atoms with Crippen LogP contribution in [0.3, 0.4) is 0 Å². The van der Waals surface area contributed by atoms with Crippen molar-refractivity contribution in [1.29, 1.82) is 0 Å². The summed E-state index contributed by atoms with van der Waals surface area (Å²) in [6.07, 6.45) is 3.69. The molecule has 0 amide bonds. The molecule has 0 saturated carbocycles. The second-order valence-corrected chi connectivity index (χ2v) is 10.8. The summed E-state index contributed by atoms with van der Waals surface area (Å²) in [5, 5.41) is 10.6. The first-order valence-corrected chi connectivity index (χ1v) is 14.8. The number of aromatic amines is 1. The van der Waals surface area contributed by atoms with Gasteiger partial charge < -0.3 is 20.9 Å². The van der Waals surface area contributed by atoms with Gasteiger partial charge in [-0.15, -0.1) is 0 Å². The fraction of sp³-hybridized carbons (Fsp3) is 0.324. The fourth-order valence-electron chi connectivity index (χ4n) is 4.93. The molecular formula is C34H42N8. The number of aryl methyl sites for hydroxylation is 2. The highest BCUT2D eigenvalue weighted by atomic mass is 15.2. The van der Waals surface area contributed by atoms with Crippen LogP contribution in [-0.4, -0.2) is 51.0 Å². The number of hydrogen-bond acceptors (Lipinski definition) is 7. The Kier molecular flexibility index (Phi) is 10.8. The molecule has 0 atom stereocenters. The van der Waals surface area contributed by atoms with Gasteiger partial charge in [-0.3, -0.25) is 14.9 Å². The third kappa shape index (κ3) is 9.03. The van der Waals surface area contributed by atoms with Crippen LogP contribution < -0.4 is 16.0 Å². The largest absolute Gasteiger partial charge is 0.341 e. The van der Waals surface area contributed by atoms with E-state index >= 15 is 0 Å². The van der Waals surface area contributed by atoms with Crippen LogP contribution in [-0.2, 0) is 32.7 Å². The summed E-state index contributed by atoms with van der Waals surface area (Å²) in [4.78, 5) is 19.5. The summed E-state index contributed by atoms with van der Waals surface area (Å²) in [6, 6.07) is 25.4. The number of benzene rings is 2. The predicted octanol–water partition coefficient (Wildman–Crippen LogP) is 4.64. The molecule has 0 fully saturated rings. The van der Waals surface area contributed by atoms with Crippen LogP contribution in [0.1, 0.15) is 39.5 Å². The van der Waals surface area contributed by atoms with Gasteiger partial charge in [-0.25, -0.2) is 4.98 Å². The number of rotatable bonds is 16. The lowest BCUT2D eigenvalue weighted by atomic mass is 10.1. The number of imidazole rings is 1. The molecule has 5 rings (SSSR count). The second-order valence-electron chi connectivity index (χ2n) is 10.8. The molecule has 3 heterocycles. The summed E-state index contributed by atoms with van der Waals surface area (Å²) in [7, 11) is 0. The highest BCUT2D eigenvalue weighted by Crippen LogP contribution is 2.17. The van der Waals surface area contributed by atoms with Crippen LogP contribution >= 0.6 is 0 Å². The first-order valence-electron chi connectivity index (χ1n) is 14.8. The average Bonchev–Trinajstić information content (AvgIpc) is 3.40. The number of nitrogens with zero attached hydrogens (tertiary/aromatic N) is 4. The number of H-pyrrole nitrogens is 1. The maximum atomic E-state index is 4.75. The normalized spacial score (nSPS) is 11.5. The van der Waals surface area contributed by atoms with Crippen LogP contribution in [0.5, 0.6) is 0 Å². The fourth-order valence-corrected chi connectivity index (χ4v) is 4.93. The van der Waals surface area contributed by atoms with E-state index in [1.54, 1.807) is 0 Å². The lowest BCUT2D eigenvalue weighted by Gasteiger charge is -2.23. The number of hydrogen-bond donors (Lipinski definition) is 4. The van der Waals surface area contributed by atoms with Crippen LogP contribution in [0, 0.1) is 13.8 Å². The lowest BCUT2D eigenvalue weighted by Crippen LogP contribution is -2.36. The molecule has 4 N–H and O–H groups in total. The molecule has 0 aliphatic rings. The van der Waals surface area contributed by atoms with Crippen molar-refractivity contribution in [2.24, 2.45) is 0 Å². The zero-order valence-corrected chi connectivity index (χ0v) is 24.7. The van der Waals surface area contributed by atoms with E-state index in [1.165, 1.54) is 22.3 Å². The third-order valence-electron chi connectivity index (χ3n) is 7.47. The van der Waals surface area contributed by atoms with Gasteiger partial charge >= 0.3 is 0 Å². The molecule has 0 radical (unpaired) electrons.